The number of pyridine rings is 1. The van der Waals surface area contributed by atoms with E-state index >= 15 is 0 Å². The Bertz CT molecular complexity index is 1020. The molecule has 3 rings (SSSR count). The molecule has 0 bridgehead atoms. The Morgan fingerprint density at radius 3 is 2.48 bits per heavy atom. The summed E-state index contributed by atoms with van der Waals surface area (Å²) in [6.07, 6.45) is 1.66. The molecule has 1 amide bonds. The van der Waals surface area contributed by atoms with E-state index in [4.69, 9.17) is 0 Å². The van der Waals surface area contributed by atoms with Gasteiger partial charge in [0.2, 0.25) is 0 Å². The van der Waals surface area contributed by atoms with Gasteiger partial charge in [-0.15, -0.1) is 0 Å². The van der Waals surface area contributed by atoms with Crippen LogP contribution in [0.15, 0.2) is 71.7 Å². The number of nitrogens with zero attached hydrogens (tertiary/aromatic N) is 2. The fourth-order valence-corrected chi connectivity index (χ4v) is 3.15. The summed E-state index contributed by atoms with van der Waals surface area (Å²) in [5.41, 5.74) is 4.54. The molecule has 0 saturated heterocycles. The number of carbonyl (C=O) groups excluding carboxylic acids is 1. The van der Waals surface area contributed by atoms with Gasteiger partial charge in [-0.3, -0.25) is 9.59 Å². The summed E-state index contributed by atoms with van der Waals surface area (Å²) >= 11 is 0. The fraction of sp³-hybridized carbons (Fsp3) is 0.217. The van der Waals surface area contributed by atoms with Crippen molar-refractivity contribution in [2.75, 3.05) is 11.4 Å². The lowest BCUT2D eigenvalue weighted by Gasteiger charge is -2.22. The van der Waals surface area contributed by atoms with E-state index in [-0.39, 0.29) is 11.5 Å². The van der Waals surface area contributed by atoms with Crippen LogP contribution in [0.4, 0.5) is 5.69 Å². The molecule has 0 aliphatic rings. The van der Waals surface area contributed by atoms with E-state index in [0.717, 1.165) is 22.4 Å². The molecule has 0 radical (unpaired) electrons. The average molecular weight is 360 g/mol. The topological polar surface area (TPSA) is 42.3 Å². The molecule has 138 valence electrons. The Kier molecular flexibility index (Phi) is 5.55. The number of hydrogen-bond donors (Lipinski definition) is 0. The molecule has 27 heavy (non-hydrogen) atoms. The van der Waals surface area contributed by atoms with Gasteiger partial charge in [-0.2, -0.15) is 0 Å². The second kappa shape index (κ2) is 8.04. The molecule has 0 aliphatic heterocycles. The number of rotatable bonds is 5. The normalized spacial score (nSPS) is 10.6. The maximum atomic E-state index is 13.1. The number of anilines is 1. The van der Waals surface area contributed by atoms with Gasteiger partial charge in [-0.25, -0.2) is 0 Å². The van der Waals surface area contributed by atoms with Gasteiger partial charge in [-0.1, -0.05) is 36.4 Å². The number of aromatic nitrogens is 1. The largest absolute Gasteiger partial charge is 0.310 e. The summed E-state index contributed by atoms with van der Waals surface area (Å²) in [5, 5.41) is 0. The van der Waals surface area contributed by atoms with Crippen molar-refractivity contribution < 1.29 is 4.79 Å². The maximum absolute atomic E-state index is 13.1. The minimum Gasteiger partial charge on any atom is -0.310 e. The van der Waals surface area contributed by atoms with Gasteiger partial charge in [0.15, 0.2) is 0 Å². The smallest absolute Gasteiger partial charge is 0.259 e. The van der Waals surface area contributed by atoms with Crippen molar-refractivity contribution in [1.82, 2.24) is 4.57 Å². The molecule has 1 aromatic heterocycles. The van der Waals surface area contributed by atoms with Gasteiger partial charge in [0.1, 0.15) is 0 Å². The second-order valence-electron chi connectivity index (χ2n) is 6.70. The van der Waals surface area contributed by atoms with Crippen LogP contribution in [0.3, 0.4) is 0 Å². The molecule has 0 N–H and O–H groups in total. The SMILES string of the molecule is CCN(C(=O)c1ccc(=O)n(Cc2ccccc2C)c1)c1cccc(C)c1. The van der Waals surface area contributed by atoms with E-state index in [1.807, 2.05) is 69.3 Å². The van der Waals surface area contributed by atoms with Crippen molar-refractivity contribution in [3.8, 4) is 0 Å². The lowest BCUT2D eigenvalue weighted by Crippen LogP contribution is -2.32. The average Bonchev–Trinajstić information content (AvgIpc) is 2.66. The molecule has 0 fully saturated rings. The molecule has 0 unspecified atom stereocenters. The van der Waals surface area contributed by atoms with E-state index in [9.17, 15) is 9.59 Å². The summed E-state index contributed by atoms with van der Waals surface area (Å²) < 4.78 is 1.60. The van der Waals surface area contributed by atoms with Crippen LogP contribution in [0.5, 0.6) is 0 Å². The van der Waals surface area contributed by atoms with Crippen LogP contribution in [-0.4, -0.2) is 17.0 Å². The molecule has 4 heteroatoms. The van der Waals surface area contributed by atoms with Crippen LogP contribution in [-0.2, 0) is 6.54 Å². The van der Waals surface area contributed by atoms with Gasteiger partial charge < -0.3 is 9.47 Å². The molecule has 0 saturated carbocycles. The van der Waals surface area contributed by atoms with Gasteiger partial charge in [0.25, 0.3) is 11.5 Å². The Labute approximate surface area is 159 Å². The minimum atomic E-state index is -0.117. The van der Waals surface area contributed by atoms with Gasteiger partial charge in [0, 0.05) is 24.5 Å². The highest BCUT2D eigenvalue weighted by atomic mass is 16.2. The molecule has 2 aromatic carbocycles. The summed E-state index contributed by atoms with van der Waals surface area (Å²) in [4.78, 5) is 27.1. The quantitative estimate of drug-likeness (QED) is 0.685. The standard InChI is InChI=1S/C23H24N2O2/c1-4-25(21-11-7-8-17(2)14-21)23(27)20-12-13-22(26)24(16-20)15-19-10-6-5-9-18(19)3/h5-14,16H,4,15H2,1-3H3. The molecule has 4 nitrogen and oxygen atoms in total. The molecule has 3 aromatic rings. The van der Waals surface area contributed by atoms with E-state index in [0.29, 0.717) is 18.7 Å². The number of carbonyl (C=O) groups is 1. The predicted octanol–water partition coefficient (Wildman–Crippen LogP) is 4.18. The summed E-state index contributed by atoms with van der Waals surface area (Å²) in [5.74, 6) is -0.110. The van der Waals surface area contributed by atoms with Crippen molar-refractivity contribution in [3.05, 3.63) is 99.5 Å². The third-order valence-corrected chi connectivity index (χ3v) is 4.71. The first kappa shape index (κ1) is 18.6. The zero-order valence-electron chi connectivity index (χ0n) is 16.0. The van der Waals surface area contributed by atoms with Crippen LogP contribution >= 0.6 is 0 Å². The zero-order chi connectivity index (χ0) is 19.4. The zero-order valence-corrected chi connectivity index (χ0v) is 16.0. The predicted molar refractivity (Wildman–Crippen MR) is 110 cm³/mol. The maximum Gasteiger partial charge on any atom is 0.259 e. The molecule has 0 spiro atoms. The monoisotopic (exact) mass is 360 g/mol. The van der Waals surface area contributed by atoms with Crippen molar-refractivity contribution in [1.29, 1.82) is 0 Å². The second-order valence-corrected chi connectivity index (χ2v) is 6.70. The molecule has 1 heterocycles. The molecule has 0 aliphatic carbocycles. The Balaban J connectivity index is 1.93. The van der Waals surface area contributed by atoms with Crippen molar-refractivity contribution in [3.63, 3.8) is 0 Å². The number of benzene rings is 2. The number of aryl methyl sites for hydroxylation is 2. The van der Waals surface area contributed by atoms with Crippen LogP contribution < -0.4 is 10.5 Å². The summed E-state index contributed by atoms with van der Waals surface area (Å²) in [6.45, 7) is 6.97. The van der Waals surface area contributed by atoms with Crippen molar-refractivity contribution >= 4 is 11.6 Å². The first-order valence-electron chi connectivity index (χ1n) is 9.13. The number of hydrogen-bond acceptors (Lipinski definition) is 2. The van der Waals surface area contributed by atoms with Gasteiger partial charge in [-0.05, 0) is 55.7 Å². The molecular formula is C23H24N2O2. The van der Waals surface area contributed by atoms with Gasteiger partial charge >= 0.3 is 0 Å². The summed E-state index contributed by atoms with van der Waals surface area (Å²) in [6, 6.07) is 18.9. The fourth-order valence-electron chi connectivity index (χ4n) is 3.15. The lowest BCUT2D eigenvalue weighted by molar-refractivity contribution is 0.0987. The Morgan fingerprint density at radius 2 is 1.78 bits per heavy atom. The third-order valence-electron chi connectivity index (χ3n) is 4.71. The van der Waals surface area contributed by atoms with Gasteiger partial charge in [0.05, 0.1) is 12.1 Å². The number of amides is 1. The first-order chi connectivity index (χ1) is 13.0. The van der Waals surface area contributed by atoms with Crippen LogP contribution in [0.2, 0.25) is 0 Å². The van der Waals surface area contributed by atoms with E-state index in [2.05, 4.69) is 0 Å². The highest BCUT2D eigenvalue weighted by Gasteiger charge is 2.17. The highest BCUT2D eigenvalue weighted by Crippen LogP contribution is 2.18. The van der Waals surface area contributed by atoms with Crippen molar-refractivity contribution in [2.24, 2.45) is 0 Å². The van der Waals surface area contributed by atoms with Crippen LogP contribution in [0.25, 0.3) is 0 Å². The first-order valence-corrected chi connectivity index (χ1v) is 9.13. The Hall–Kier alpha value is -3.14. The molecular weight excluding hydrogens is 336 g/mol. The highest BCUT2D eigenvalue weighted by molar-refractivity contribution is 6.05. The minimum absolute atomic E-state index is 0.110. The summed E-state index contributed by atoms with van der Waals surface area (Å²) in [7, 11) is 0. The van der Waals surface area contributed by atoms with Crippen LogP contribution in [0, 0.1) is 13.8 Å². The molecule has 0 atom stereocenters. The van der Waals surface area contributed by atoms with Crippen LogP contribution in [0.1, 0.15) is 34.0 Å². The Morgan fingerprint density at radius 1 is 1.00 bits per heavy atom. The van der Waals surface area contributed by atoms with E-state index < -0.39 is 0 Å². The van der Waals surface area contributed by atoms with E-state index in [1.165, 1.54) is 6.07 Å². The third kappa shape index (κ3) is 4.17. The lowest BCUT2D eigenvalue weighted by atomic mass is 10.1. The van der Waals surface area contributed by atoms with Crippen molar-refractivity contribution in [2.45, 2.75) is 27.3 Å². The van der Waals surface area contributed by atoms with E-state index in [1.54, 1.807) is 21.7 Å².